The van der Waals surface area contributed by atoms with Gasteiger partial charge in [0, 0.05) is 22.8 Å². The summed E-state index contributed by atoms with van der Waals surface area (Å²) in [6, 6.07) is 5.77. The van der Waals surface area contributed by atoms with Gasteiger partial charge in [-0.15, -0.1) is 11.3 Å². The van der Waals surface area contributed by atoms with Gasteiger partial charge in [0.05, 0.1) is 27.5 Å². The average molecular weight is 509 g/mol. The van der Waals surface area contributed by atoms with Crippen molar-refractivity contribution in [1.82, 2.24) is 10.3 Å². The quantitative estimate of drug-likeness (QED) is 0.452. The fourth-order valence-corrected chi connectivity index (χ4v) is 7.84. The summed E-state index contributed by atoms with van der Waals surface area (Å²) in [5, 5.41) is 19.9. The van der Waals surface area contributed by atoms with Crippen molar-refractivity contribution in [3.05, 3.63) is 38.8 Å². The van der Waals surface area contributed by atoms with E-state index in [-0.39, 0.29) is 35.0 Å². The Kier molecular flexibility index (Phi) is 6.17. The highest BCUT2D eigenvalue weighted by molar-refractivity contribution is 7.15. The summed E-state index contributed by atoms with van der Waals surface area (Å²) in [6.45, 7) is 6.45. The highest BCUT2D eigenvalue weighted by Gasteiger charge is 2.54. The van der Waals surface area contributed by atoms with Gasteiger partial charge in [-0.2, -0.15) is 0 Å². The van der Waals surface area contributed by atoms with E-state index in [1.165, 1.54) is 4.88 Å². The Morgan fingerprint density at radius 1 is 1.27 bits per heavy atom. The van der Waals surface area contributed by atoms with E-state index >= 15 is 0 Å². The van der Waals surface area contributed by atoms with Crippen LogP contribution in [0.1, 0.15) is 62.9 Å². The van der Waals surface area contributed by atoms with Gasteiger partial charge in [0.25, 0.3) is 0 Å². The molecule has 2 aromatic rings. The van der Waals surface area contributed by atoms with Gasteiger partial charge in [-0.3, -0.25) is 4.79 Å². The third-order valence-corrected chi connectivity index (χ3v) is 9.71. The number of benzene rings is 1. The van der Waals surface area contributed by atoms with Crippen molar-refractivity contribution in [2.45, 2.75) is 70.9 Å². The normalized spacial score (nSPS) is 31.9. The lowest BCUT2D eigenvalue weighted by Gasteiger charge is -2.53. The minimum absolute atomic E-state index is 0.0130. The fourth-order valence-electron chi connectivity index (χ4n) is 6.08. The molecule has 5 rings (SSSR count). The summed E-state index contributed by atoms with van der Waals surface area (Å²) >= 11 is 14.3. The Morgan fingerprint density at radius 2 is 1.97 bits per heavy atom. The monoisotopic (exact) mass is 507 g/mol. The molecule has 3 aliphatic rings. The molecule has 0 saturated heterocycles. The van der Waals surface area contributed by atoms with E-state index in [2.05, 4.69) is 24.5 Å². The van der Waals surface area contributed by atoms with Crippen LogP contribution in [-0.2, 0) is 11.2 Å². The first-order valence-corrected chi connectivity index (χ1v) is 13.4. The molecule has 0 unspecified atom stereocenters. The number of halogens is 2. The highest BCUT2D eigenvalue weighted by Crippen LogP contribution is 2.57. The van der Waals surface area contributed by atoms with Crippen LogP contribution in [0.25, 0.3) is 0 Å². The van der Waals surface area contributed by atoms with Crippen LogP contribution in [0.15, 0.2) is 18.2 Å². The van der Waals surface area contributed by atoms with Crippen molar-refractivity contribution in [2.24, 2.45) is 23.2 Å². The van der Waals surface area contributed by atoms with Crippen molar-refractivity contribution < 1.29 is 9.90 Å². The average Bonchev–Trinajstić information content (AvgIpc) is 3.47. The fraction of sp³-hybridized carbons (Fsp3) is 0.600. The highest BCUT2D eigenvalue weighted by atomic mass is 35.5. The minimum atomic E-state index is -0.525. The number of nitrogens with zero attached hydrogens (tertiary/aromatic N) is 1. The lowest BCUT2D eigenvalue weighted by atomic mass is 9.53. The molecular formula is C25H31Cl2N3O2S. The predicted octanol–water partition coefficient (Wildman–Crippen LogP) is 6.16. The Labute approximate surface area is 209 Å². The Balaban J connectivity index is 1.39. The van der Waals surface area contributed by atoms with Crippen LogP contribution in [0.4, 0.5) is 10.8 Å². The topological polar surface area (TPSA) is 74.2 Å². The summed E-state index contributed by atoms with van der Waals surface area (Å²) in [5.74, 6) is 0.0476. The second-order valence-corrected chi connectivity index (χ2v) is 12.4. The molecule has 8 heteroatoms. The molecule has 1 aromatic carbocycles. The number of fused-ring (bicyclic) bond motifs is 2. The van der Waals surface area contributed by atoms with E-state index in [1.54, 1.807) is 23.5 Å². The Morgan fingerprint density at radius 3 is 2.64 bits per heavy atom. The summed E-state index contributed by atoms with van der Waals surface area (Å²) in [5.41, 5.74) is 1.70. The molecule has 5 nitrogen and oxygen atoms in total. The van der Waals surface area contributed by atoms with Crippen LogP contribution in [0.3, 0.4) is 0 Å². The zero-order valence-electron chi connectivity index (χ0n) is 19.2. The zero-order chi connectivity index (χ0) is 23.5. The van der Waals surface area contributed by atoms with Gasteiger partial charge in [0.1, 0.15) is 0 Å². The number of amides is 1. The molecule has 0 aliphatic heterocycles. The number of aliphatic hydroxyl groups excluding tert-OH is 1. The SMILES string of the molecule is C[C@H](C(=O)NC1CC1)[C@@H]1CC[C@@]2(C)Cc3sc(Nc4c(Cl)cccc4Cl)nc3[C@@H](C)[C@@H]2[C@H]1O. The molecular weight excluding hydrogens is 477 g/mol. The van der Waals surface area contributed by atoms with Crippen LogP contribution in [0.5, 0.6) is 0 Å². The van der Waals surface area contributed by atoms with Crippen LogP contribution >= 0.6 is 34.5 Å². The maximum atomic E-state index is 12.7. The van der Waals surface area contributed by atoms with Gasteiger partial charge >= 0.3 is 0 Å². The third kappa shape index (κ3) is 4.29. The molecule has 33 heavy (non-hydrogen) atoms. The number of hydrogen-bond donors (Lipinski definition) is 3. The largest absolute Gasteiger partial charge is 0.392 e. The second-order valence-electron chi connectivity index (χ2n) is 10.5. The van der Waals surface area contributed by atoms with Gasteiger partial charge in [-0.1, -0.05) is 50.0 Å². The summed E-state index contributed by atoms with van der Waals surface area (Å²) in [4.78, 5) is 18.9. The summed E-state index contributed by atoms with van der Waals surface area (Å²) in [6.07, 6.45) is 4.38. The van der Waals surface area contributed by atoms with E-state index in [1.807, 2.05) is 13.0 Å². The third-order valence-electron chi connectivity index (χ3n) is 8.10. The van der Waals surface area contributed by atoms with Gasteiger partial charge in [-0.05, 0) is 61.5 Å². The molecule has 178 valence electrons. The molecule has 3 aliphatic carbocycles. The van der Waals surface area contributed by atoms with Crippen LogP contribution in [-0.4, -0.2) is 28.1 Å². The maximum absolute atomic E-state index is 12.7. The van der Waals surface area contributed by atoms with E-state index in [9.17, 15) is 9.90 Å². The number of rotatable bonds is 5. The van der Waals surface area contributed by atoms with Gasteiger partial charge in [0.15, 0.2) is 5.13 Å². The van der Waals surface area contributed by atoms with E-state index in [0.29, 0.717) is 21.8 Å². The van der Waals surface area contributed by atoms with Gasteiger partial charge in [0.2, 0.25) is 5.91 Å². The number of carbonyl (C=O) groups is 1. The molecule has 1 heterocycles. The molecule has 2 saturated carbocycles. The smallest absolute Gasteiger partial charge is 0.223 e. The number of anilines is 2. The lowest BCUT2D eigenvalue weighted by molar-refractivity contribution is -0.134. The van der Waals surface area contributed by atoms with Crippen molar-refractivity contribution >= 4 is 51.3 Å². The first kappa shape index (κ1) is 23.4. The van der Waals surface area contributed by atoms with Crippen LogP contribution in [0.2, 0.25) is 10.0 Å². The van der Waals surface area contributed by atoms with E-state index < -0.39 is 6.10 Å². The Bertz CT molecular complexity index is 1050. The Hall–Kier alpha value is -1.34. The second kappa shape index (κ2) is 8.71. The lowest BCUT2D eigenvalue weighted by Crippen LogP contribution is -2.53. The van der Waals surface area contributed by atoms with Crippen molar-refractivity contribution in [1.29, 1.82) is 0 Å². The predicted molar refractivity (Wildman–Crippen MR) is 135 cm³/mol. The molecule has 3 N–H and O–H groups in total. The number of para-hydroxylation sites is 1. The molecule has 2 fully saturated rings. The van der Waals surface area contributed by atoms with Crippen molar-refractivity contribution in [2.75, 3.05) is 5.32 Å². The molecule has 0 spiro atoms. The van der Waals surface area contributed by atoms with Gasteiger partial charge in [-0.25, -0.2) is 4.98 Å². The number of aliphatic hydroxyl groups is 1. The van der Waals surface area contributed by atoms with Gasteiger partial charge < -0.3 is 15.7 Å². The summed E-state index contributed by atoms with van der Waals surface area (Å²) < 4.78 is 0. The number of nitrogens with one attached hydrogen (secondary N) is 2. The number of carbonyl (C=O) groups excluding carboxylic acids is 1. The van der Waals surface area contributed by atoms with Crippen LogP contribution in [0, 0.1) is 23.2 Å². The molecule has 6 atom stereocenters. The summed E-state index contributed by atoms with van der Waals surface area (Å²) in [7, 11) is 0. The minimum Gasteiger partial charge on any atom is -0.392 e. The van der Waals surface area contributed by atoms with E-state index in [0.717, 1.165) is 42.9 Å². The number of aromatic nitrogens is 1. The first-order chi connectivity index (χ1) is 15.7. The molecule has 0 bridgehead atoms. The number of hydrogen-bond acceptors (Lipinski definition) is 5. The maximum Gasteiger partial charge on any atom is 0.223 e. The zero-order valence-corrected chi connectivity index (χ0v) is 21.5. The van der Waals surface area contributed by atoms with Crippen molar-refractivity contribution in [3.63, 3.8) is 0 Å². The first-order valence-electron chi connectivity index (χ1n) is 11.9. The van der Waals surface area contributed by atoms with Crippen molar-refractivity contribution in [3.8, 4) is 0 Å². The molecule has 0 radical (unpaired) electrons. The number of thiazole rings is 1. The van der Waals surface area contributed by atoms with Crippen LogP contribution < -0.4 is 10.6 Å². The molecule has 1 amide bonds. The standard InChI is InChI=1S/C25H31Cl2N3O2S/c1-12(23(32)28-14-7-8-14)15-9-10-25(3)11-18-20(13(2)19(25)22(15)31)29-24(33-18)30-21-16(26)5-4-6-17(21)27/h4-6,12-15,19,22,31H,7-11H2,1-3H3,(H,28,32)(H,29,30)/t12-,13-,15-,19+,22-,25-/m0/s1. The van der Waals surface area contributed by atoms with E-state index in [4.69, 9.17) is 28.2 Å². The molecule has 1 aromatic heterocycles.